The van der Waals surface area contributed by atoms with Crippen LogP contribution in [-0.2, 0) is 0 Å². The van der Waals surface area contributed by atoms with E-state index in [1.807, 2.05) is 10.6 Å². The summed E-state index contributed by atoms with van der Waals surface area (Å²) in [6.45, 7) is 0. The van der Waals surface area contributed by atoms with Crippen molar-refractivity contribution >= 4 is 27.0 Å². The third-order valence-corrected chi connectivity index (χ3v) is 7.37. The molecule has 0 N–H and O–H groups in total. The largest absolute Gasteiger partial charge is 0.0963 e. The summed E-state index contributed by atoms with van der Waals surface area (Å²) in [7, 11) is 3.39. The Morgan fingerprint density at radius 2 is 0.789 bits per heavy atom. The van der Waals surface area contributed by atoms with Crippen molar-refractivity contribution in [1.29, 1.82) is 0 Å². The van der Waals surface area contributed by atoms with Crippen LogP contribution in [0.1, 0.15) is 89.9 Å². The van der Waals surface area contributed by atoms with Gasteiger partial charge in [-0.15, -0.1) is 0 Å². The van der Waals surface area contributed by atoms with Crippen LogP contribution in [-0.4, -0.2) is 16.5 Å². The maximum absolute atomic E-state index is 1.87. The SMILES string of the molecule is C1CCCC(=PCP=C2CCCCCCC2)CCC1. The molecule has 108 valence electrons. The minimum atomic E-state index is 1.41. The average molecular weight is 296 g/mol. The minimum Gasteiger partial charge on any atom is -0.0963 e. The van der Waals surface area contributed by atoms with Crippen molar-refractivity contribution in [1.82, 2.24) is 0 Å². The summed E-state index contributed by atoms with van der Waals surface area (Å²) >= 11 is 0. The molecule has 2 rings (SSSR count). The Balaban J connectivity index is 1.78. The third kappa shape index (κ3) is 7.06. The predicted octanol–water partition coefficient (Wildman–Crippen LogP) is 6.67. The number of hydrogen-bond donors (Lipinski definition) is 0. The lowest BCUT2D eigenvalue weighted by Crippen LogP contribution is -2.00. The Morgan fingerprint density at radius 1 is 0.474 bits per heavy atom. The van der Waals surface area contributed by atoms with Gasteiger partial charge in [-0.25, -0.2) is 0 Å². The molecule has 0 aromatic carbocycles. The normalized spacial score (nSPS) is 23.8. The van der Waals surface area contributed by atoms with Gasteiger partial charge in [0, 0.05) is 5.90 Å². The standard InChI is InChI=1S/C17H30P2/c1-3-7-11-16(12-8-4-1)18-15-19-17-13-9-5-2-6-10-14-17/h1-15H2. The van der Waals surface area contributed by atoms with Crippen molar-refractivity contribution in [2.24, 2.45) is 0 Å². The van der Waals surface area contributed by atoms with Gasteiger partial charge in [-0.3, -0.25) is 0 Å². The van der Waals surface area contributed by atoms with Crippen molar-refractivity contribution in [3.63, 3.8) is 0 Å². The van der Waals surface area contributed by atoms with E-state index in [4.69, 9.17) is 0 Å². The van der Waals surface area contributed by atoms with Crippen molar-refractivity contribution in [3.8, 4) is 0 Å². The molecule has 0 bridgehead atoms. The molecule has 2 aliphatic rings. The molecule has 0 radical (unpaired) electrons. The second-order valence-electron chi connectivity index (χ2n) is 6.13. The maximum atomic E-state index is 1.87. The van der Waals surface area contributed by atoms with E-state index in [9.17, 15) is 0 Å². The van der Waals surface area contributed by atoms with E-state index in [1.165, 1.54) is 95.8 Å². The zero-order valence-electron chi connectivity index (χ0n) is 12.5. The quantitative estimate of drug-likeness (QED) is 0.499. The Hall–Kier alpha value is 0.340. The molecule has 0 heterocycles. The van der Waals surface area contributed by atoms with Gasteiger partial charge in [0.1, 0.15) is 0 Å². The lowest BCUT2D eigenvalue weighted by Gasteiger charge is -2.12. The molecule has 2 saturated carbocycles. The van der Waals surface area contributed by atoms with Crippen LogP contribution >= 0.6 is 16.4 Å². The lowest BCUT2D eigenvalue weighted by atomic mass is 10.0. The van der Waals surface area contributed by atoms with Crippen LogP contribution in [0.3, 0.4) is 0 Å². The highest BCUT2D eigenvalue weighted by Gasteiger charge is 2.05. The first-order chi connectivity index (χ1) is 9.45. The fourth-order valence-electron chi connectivity index (χ4n) is 3.18. The summed E-state index contributed by atoms with van der Waals surface area (Å²) in [5.74, 6) is 1.41. The highest BCUT2D eigenvalue weighted by Crippen LogP contribution is 2.25. The van der Waals surface area contributed by atoms with Gasteiger partial charge in [0.25, 0.3) is 0 Å². The molecule has 0 aromatic heterocycles. The number of rotatable bonds is 2. The van der Waals surface area contributed by atoms with Crippen molar-refractivity contribution in [2.45, 2.75) is 89.9 Å². The number of hydrogen-bond acceptors (Lipinski definition) is 0. The second kappa shape index (κ2) is 10.1. The van der Waals surface area contributed by atoms with E-state index in [0.717, 1.165) is 0 Å². The average Bonchev–Trinajstić information content (AvgIpc) is 2.33. The molecular formula is C17H30P2. The Bertz CT molecular complexity index is 254. The molecule has 0 atom stereocenters. The van der Waals surface area contributed by atoms with Gasteiger partial charge in [0.2, 0.25) is 0 Å². The van der Waals surface area contributed by atoms with E-state index in [0.29, 0.717) is 0 Å². The van der Waals surface area contributed by atoms with Gasteiger partial charge in [-0.05, 0) is 62.0 Å². The first-order valence-electron chi connectivity index (χ1n) is 8.49. The van der Waals surface area contributed by atoms with Crippen molar-refractivity contribution < 1.29 is 0 Å². The van der Waals surface area contributed by atoms with Crippen LogP contribution in [0.4, 0.5) is 0 Å². The summed E-state index contributed by atoms with van der Waals surface area (Å²) in [6.07, 6.45) is 20.5. The van der Waals surface area contributed by atoms with Gasteiger partial charge < -0.3 is 0 Å². The molecule has 0 saturated heterocycles. The molecular weight excluding hydrogens is 266 g/mol. The summed E-state index contributed by atoms with van der Waals surface area (Å²) in [4.78, 5) is 0. The molecule has 2 fully saturated rings. The van der Waals surface area contributed by atoms with Gasteiger partial charge >= 0.3 is 0 Å². The molecule has 19 heavy (non-hydrogen) atoms. The van der Waals surface area contributed by atoms with E-state index in [-0.39, 0.29) is 0 Å². The highest BCUT2D eigenvalue weighted by atomic mass is 31.1. The smallest absolute Gasteiger partial charge is 0.0315 e. The Kier molecular flexibility index (Phi) is 8.38. The zero-order valence-corrected chi connectivity index (χ0v) is 14.3. The van der Waals surface area contributed by atoms with Crippen LogP contribution in [0.15, 0.2) is 0 Å². The van der Waals surface area contributed by atoms with Gasteiger partial charge in [0.05, 0.1) is 0 Å². The molecule has 0 amide bonds. The lowest BCUT2D eigenvalue weighted by molar-refractivity contribution is 0.610. The topological polar surface area (TPSA) is 0 Å². The molecule has 0 spiro atoms. The zero-order chi connectivity index (χ0) is 13.2. The van der Waals surface area contributed by atoms with Crippen LogP contribution < -0.4 is 0 Å². The molecule has 0 unspecified atom stereocenters. The van der Waals surface area contributed by atoms with E-state index < -0.39 is 0 Å². The molecule has 0 nitrogen and oxygen atoms in total. The summed E-state index contributed by atoms with van der Waals surface area (Å²) in [5.41, 5.74) is 0. The Labute approximate surface area is 123 Å². The van der Waals surface area contributed by atoms with E-state index >= 15 is 0 Å². The van der Waals surface area contributed by atoms with Crippen LogP contribution in [0.25, 0.3) is 0 Å². The maximum Gasteiger partial charge on any atom is 0.0315 e. The Morgan fingerprint density at radius 3 is 1.16 bits per heavy atom. The molecule has 2 heteroatoms. The molecule has 2 aliphatic carbocycles. The summed E-state index contributed by atoms with van der Waals surface area (Å²) in [6, 6.07) is 0. The monoisotopic (exact) mass is 296 g/mol. The fraction of sp³-hybridized carbons (Fsp3) is 0.882. The van der Waals surface area contributed by atoms with Gasteiger partial charge in [0.15, 0.2) is 0 Å². The first kappa shape index (κ1) is 15.7. The first-order valence-corrected chi connectivity index (χ1v) is 10.7. The summed E-state index contributed by atoms with van der Waals surface area (Å²) < 4.78 is 0. The predicted molar refractivity (Wildman–Crippen MR) is 93.4 cm³/mol. The highest BCUT2D eigenvalue weighted by molar-refractivity contribution is 7.57. The van der Waals surface area contributed by atoms with Gasteiger partial charge in [-0.1, -0.05) is 54.9 Å². The van der Waals surface area contributed by atoms with Crippen LogP contribution in [0.5, 0.6) is 0 Å². The second-order valence-corrected chi connectivity index (χ2v) is 9.15. The third-order valence-electron chi connectivity index (χ3n) is 4.45. The van der Waals surface area contributed by atoms with Crippen LogP contribution in [0, 0.1) is 0 Å². The van der Waals surface area contributed by atoms with E-state index in [2.05, 4.69) is 0 Å². The van der Waals surface area contributed by atoms with Gasteiger partial charge in [-0.2, -0.15) is 0 Å². The summed E-state index contributed by atoms with van der Waals surface area (Å²) in [5, 5.41) is 3.75. The minimum absolute atomic E-state index is 1.41. The van der Waals surface area contributed by atoms with Crippen molar-refractivity contribution in [3.05, 3.63) is 0 Å². The van der Waals surface area contributed by atoms with Crippen LogP contribution in [0.2, 0.25) is 0 Å². The molecule has 0 aliphatic heterocycles. The van der Waals surface area contributed by atoms with Crippen molar-refractivity contribution in [2.75, 3.05) is 5.90 Å². The molecule has 0 aromatic rings. The van der Waals surface area contributed by atoms with E-state index in [1.54, 1.807) is 16.4 Å². The fourth-order valence-corrected chi connectivity index (χ4v) is 6.33.